The summed E-state index contributed by atoms with van der Waals surface area (Å²) in [6.07, 6.45) is 1.29. The lowest BCUT2D eigenvalue weighted by atomic mass is 9.95. The van der Waals surface area contributed by atoms with Crippen molar-refractivity contribution in [2.45, 2.75) is 18.5 Å². The zero-order valence-electron chi connectivity index (χ0n) is 6.41. The summed E-state index contributed by atoms with van der Waals surface area (Å²) in [6.45, 7) is 2.13. The van der Waals surface area contributed by atoms with E-state index in [-0.39, 0.29) is 0 Å². The molecule has 10 heavy (non-hydrogen) atoms. The van der Waals surface area contributed by atoms with Gasteiger partial charge in [0.25, 0.3) is 0 Å². The molecule has 2 N–H and O–H groups in total. The average molecular weight is 146 g/mol. The summed E-state index contributed by atoms with van der Waals surface area (Å²) in [7, 11) is 1.80. The summed E-state index contributed by atoms with van der Waals surface area (Å²) in [6, 6.07) is 0. The van der Waals surface area contributed by atoms with E-state index in [1.165, 1.54) is 0 Å². The van der Waals surface area contributed by atoms with Gasteiger partial charge >= 0.3 is 0 Å². The first-order chi connectivity index (χ1) is 4.77. The van der Waals surface area contributed by atoms with E-state index in [1.54, 1.807) is 7.05 Å². The Morgan fingerprint density at radius 1 is 1.50 bits per heavy atom. The Bertz CT molecular complexity index is 94.3. The molecule has 2 nitrogen and oxygen atoms in total. The molecular weight excluding hydrogens is 131 g/mol. The van der Waals surface area contributed by atoms with E-state index >= 15 is 0 Å². The van der Waals surface area contributed by atoms with Crippen LogP contribution >= 0.6 is 0 Å². The Kier molecular flexibility index (Phi) is 2.63. The van der Waals surface area contributed by atoms with Crippen LogP contribution in [0.25, 0.3) is 0 Å². The minimum atomic E-state index is -0.944. The van der Waals surface area contributed by atoms with Crippen LogP contribution in [0.5, 0.6) is 0 Å². The normalized spacial score (nSPS) is 24.6. The molecule has 0 amide bonds. The highest BCUT2D eigenvalue weighted by molar-refractivity contribution is 4.86. The highest BCUT2D eigenvalue weighted by Gasteiger charge is 2.30. The number of hydrogen-bond acceptors (Lipinski definition) is 2. The molecule has 0 atom stereocenters. The van der Waals surface area contributed by atoms with Crippen LogP contribution in [0.3, 0.4) is 0 Å². The molecule has 0 aromatic carbocycles. The summed E-state index contributed by atoms with van der Waals surface area (Å²) in [5, 5.41) is 6.01. The van der Waals surface area contributed by atoms with Crippen molar-refractivity contribution >= 4 is 0 Å². The summed E-state index contributed by atoms with van der Waals surface area (Å²) in [4.78, 5) is 0. The molecule has 1 aliphatic heterocycles. The third kappa shape index (κ3) is 1.92. The van der Waals surface area contributed by atoms with Crippen LogP contribution in [0.4, 0.5) is 4.39 Å². The number of alkyl halides is 1. The molecule has 1 aliphatic rings. The van der Waals surface area contributed by atoms with Gasteiger partial charge in [0.1, 0.15) is 5.67 Å². The van der Waals surface area contributed by atoms with E-state index in [2.05, 4.69) is 10.6 Å². The maximum Gasteiger partial charge on any atom is 0.125 e. The Morgan fingerprint density at radius 3 is 2.60 bits per heavy atom. The van der Waals surface area contributed by atoms with Gasteiger partial charge in [0.15, 0.2) is 0 Å². The minimum absolute atomic E-state index is 0.495. The first kappa shape index (κ1) is 7.95. The molecule has 1 rings (SSSR count). The lowest BCUT2D eigenvalue weighted by Crippen LogP contribution is -2.44. The Labute approximate surface area is 61.2 Å². The minimum Gasteiger partial charge on any atom is -0.317 e. The van der Waals surface area contributed by atoms with Crippen LogP contribution in [-0.2, 0) is 0 Å². The fourth-order valence-electron chi connectivity index (χ4n) is 1.37. The lowest BCUT2D eigenvalue weighted by Gasteiger charge is -2.29. The second-order valence-corrected chi connectivity index (χ2v) is 2.93. The first-order valence-electron chi connectivity index (χ1n) is 3.81. The molecule has 60 valence electrons. The number of halogens is 1. The highest BCUT2D eigenvalue weighted by Crippen LogP contribution is 2.21. The van der Waals surface area contributed by atoms with Crippen LogP contribution in [0.15, 0.2) is 0 Å². The second-order valence-electron chi connectivity index (χ2n) is 2.93. The van der Waals surface area contributed by atoms with Crippen molar-refractivity contribution in [1.29, 1.82) is 0 Å². The molecule has 0 bridgehead atoms. The second kappa shape index (κ2) is 3.30. The SMILES string of the molecule is CNCC1(F)CCNCC1. The van der Waals surface area contributed by atoms with Crippen LogP contribution < -0.4 is 10.6 Å². The maximum atomic E-state index is 13.5. The lowest BCUT2D eigenvalue weighted by molar-refractivity contribution is 0.117. The van der Waals surface area contributed by atoms with Gasteiger partial charge in [-0.1, -0.05) is 0 Å². The van der Waals surface area contributed by atoms with Gasteiger partial charge in [-0.2, -0.15) is 0 Å². The summed E-state index contributed by atoms with van der Waals surface area (Å²) >= 11 is 0. The van der Waals surface area contributed by atoms with Gasteiger partial charge in [-0.3, -0.25) is 0 Å². The van der Waals surface area contributed by atoms with Crippen molar-refractivity contribution in [1.82, 2.24) is 10.6 Å². The topological polar surface area (TPSA) is 24.1 Å². The third-order valence-corrected chi connectivity index (χ3v) is 1.99. The van der Waals surface area contributed by atoms with Crippen molar-refractivity contribution in [3.05, 3.63) is 0 Å². The average Bonchev–Trinajstić information content (AvgIpc) is 1.89. The molecule has 3 heteroatoms. The van der Waals surface area contributed by atoms with Gasteiger partial charge in [0.05, 0.1) is 0 Å². The number of piperidine rings is 1. The molecule has 0 radical (unpaired) electrons. The number of rotatable bonds is 2. The predicted octanol–water partition coefficient (Wildman–Crippen LogP) is 0.297. The molecule has 0 aromatic heterocycles. The third-order valence-electron chi connectivity index (χ3n) is 1.99. The van der Waals surface area contributed by atoms with E-state index in [9.17, 15) is 4.39 Å². The van der Waals surface area contributed by atoms with Gasteiger partial charge in [0, 0.05) is 6.54 Å². The van der Waals surface area contributed by atoms with E-state index < -0.39 is 5.67 Å². The Morgan fingerprint density at radius 2 is 2.10 bits per heavy atom. The van der Waals surface area contributed by atoms with Crippen molar-refractivity contribution < 1.29 is 4.39 Å². The van der Waals surface area contributed by atoms with Crippen LogP contribution in [-0.4, -0.2) is 32.4 Å². The highest BCUT2D eigenvalue weighted by atomic mass is 19.1. The smallest absolute Gasteiger partial charge is 0.125 e. The quantitative estimate of drug-likeness (QED) is 0.585. The van der Waals surface area contributed by atoms with Crippen LogP contribution in [0, 0.1) is 0 Å². The Hall–Kier alpha value is -0.150. The molecule has 0 saturated carbocycles. The molecule has 0 aliphatic carbocycles. The summed E-state index contributed by atoms with van der Waals surface area (Å²) in [5.74, 6) is 0. The van der Waals surface area contributed by atoms with E-state index in [1.807, 2.05) is 0 Å². The molecule has 1 saturated heterocycles. The predicted molar refractivity (Wildman–Crippen MR) is 39.9 cm³/mol. The number of hydrogen-bond donors (Lipinski definition) is 2. The summed E-state index contributed by atoms with van der Waals surface area (Å²) < 4.78 is 13.5. The number of nitrogens with one attached hydrogen (secondary N) is 2. The van der Waals surface area contributed by atoms with Crippen LogP contribution in [0.2, 0.25) is 0 Å². The van der Waals surface area contributed by atoms with Gasteiger partial charge < -0.3 is 10.6 Å². The van der Waals surface area contributed by atoms with Gasteiger partial charge in [-0.05, 0) is 33.0 Å². The first-order valence-corrected chi connectivity index (χ1v) is 3.81. The monoisotopic (exact) mass is 146 g/mol. The molecule has 0 aromatic rings. The van der Waals surface area contributed by atoms with E-state index in [0.29, 0.717) is 19.4 Å². The zero-order valence-corrected chi connectivity index (χ0v) is 6.41. The van der Waals surface area contributed by atoms with E-state index in [0.717, 1.165) is 13.1 Å². The largest absolute Gasteiger partial charge is 0.317 e. The Balaban J connectivity index is 2.32. The molecule has 1 heterocycles. The van der Waals surface area contributed by atoms with Crippen molar-refractivity contribution in [3.8, 4) is 0 Å². The van der Waals surface area contributed by atoms with Crippen LogP contribution in [0.1, 0.15) is 12.8 Å². The fourth-order valence-corrected chi connectivity index (χ4v) is 1.37. The van der Waals surface area contributed by atoms with Gasteiger partial charge in [-0.15, -0.1) is 0 Å². The summed E-state index contributed by atoms with van der Waals surface area (Å²) in [5.41, 5.74) is -0.944. The molecule has 0 unspecified atom stereocenters. The maximum absolute atomic E-state index is 13.5. The van der Waals surface area contributed by atoms with Crippen molar-refractivity contribution in [2.75, 3.05) is 26.7 Å². The van der Waals surface area contributed by atoms with E-state index in [4.69, 9.17) is 0 Å². The molecular formula is C7H15FN2. The molecule has 1 fully saturated rings. The standard InChI is InChI=1S/C7H15FN2/c1-9-6-7(8)2-4-10-5-3-7/h9-10H,2-6H2,1H3. The van der Waals surface area contributed by atoms with Crippen molar-refractivity contribution in [3.63, 3.8) is 0 Å². The zero-order chi connectivity index (χ0) is 7.45. The van der Waals surface area contributed by atoms with Gasteiger partial charge in [-0.25, -0.2) is 4.39 Å². The van der Waals surface area contributed by atoms with Gasteiger partial charge in [0.2, 0.25) is 0 Å². The van der Waals surface area contributed by atoms with Crippen molar-refractivity contribution in [2.24, 2.45) is 0 Å². The fraction of sp³-hybridized carbons (Fsp3) is 1.00. The molecule has 0 spiro atoms.